The van der Waals surface area contributed by atoms with Crippen LogP contribution in [0.25, 0.3) is 0 Å². The normalized spacial score (nSPS) is 18.2. The van der Waals surface area contributed by atoms with Gasteiger partial charge in [-0.3, -0.25) is 14.4 Å². The summed E-state index contributed by atoms with van der Waals surface area (Å²) in [7, 11) is 1.69. The summed E-state index contributed by atoms with van der Waals surface area (Å²) in [4.78, 5) is 42.2. The Labute approximate surface area is 174 Å². The third-order valence-electron chi connectivity index (χ3n) is 5.12. The van der Waals surface area contributed by atoms with Gasteiger partial charge in [-0.05, 0) is 49.2 Å². The Morgan fingerprint density at radius 2 is 1.83 bits per heavy atom. The molecule has 1 heterocycles. The second-order valence-corrected chi connectivity index (χ2v) is 7.53. The molecule has 1 aliphatic carbocycles. The van der Waals surface area contributed by atoms with E-state index in [1.807, 2.05) is 0 Å². The molecule has 1 aromatic carbocycles. The third kappa shape index (κ3) is 5.12. The first-order chi connectivity index (χ1) is 13.8. The Morgan fingerprint density at radius 3 is 2.45 bits per heavy atom. The zero-order valence-corrected chi connectivity index (χ0v) is 17.1. The Bertz CT molecular complexity index is 899. The standard InChI is InChI=1S/C21H23ClN4O3/c1-13(27)26(2)16-9-7-15(8-10-16)24-20(28)17-4-3-5-18(17)25-21(29)19-11-6-14(22)12-23-19/h6-12,17-18H,3-5H2,1-2H3,(H,24,28)(H,25,29). The minimum Gasteiger partial charge on any atom is -0.347 e. The number of hydrogen-bond donors (Lipinski definition) is 2. The molecule has 0 aliphatic heterocycles. The molecule has 2 atom stereocenters. The highest BCUT2D eigenvalue weighted by Crippen LogP contribution is 2.28. The molecule has 1 saturated carbocycles. The van der Waals surface area contributed by atoms with E-state index in [1.54, 1.807) is 43.4 Å². The Morgan fingerprint density at radius 1 is 1.10 bits per heavy atom. The van der Waals surface area contributed by atoms with Crippen LogP contribution < -0.4 is 15.5 Å². The highest BCUT2D eigenvalue weighted by atomic mass is 35.5. The van der Waals surface area contributed by atoms with E-state index in [1.165, 1.54) is 18.0 Å². The molecule has 2 unspecified atom stereocenters. The predicted molar refractivity (Wildman–Crippen MR) is 112 cm³/mol. The third-order valence-corrected chi connectivity index (χ3v) is 5.35. The number of rotatable bonds is 5. The molecule has 0 saturated heterocycles. The summed E-state index contributed by atoms with van der Waals surface area (Å²) in [5, 5.41) is 6.28. The van der Waals surface area contributed by atoms with E-state index in [2.05, 4.69) is 15.6 Å². The molecular formula is C21H23ClN4O3. The smallest absolute Gasteiger partial charge is 0.270 e. The molecule has 0 bridgehead atoms. The zero-order chi connectivity index (χ0) is 21.0. The fraction of sp³-hybridized carbons (Fsp3) is 0.333. The van der Waals surface area contributed by atoms with Crippen molar-refractivity contribution in [1.82, 2.24) is 10.3 Å². The number of carbonyl (C=O) groups is 3. The van der Waals surface area contributed by atoms with Crippen molar-refractivity contribution in [2.24, 2.45) is 5.92 Å². The highest BCUT2D eigenvalue weighted by molar-refractivity contribution is 6.30. The molecule has 1 fully saturated rings. The Balaban J connectivity index is 1.61. The highest BCUT2D eigenvalue weighted by Gasteiger charge is 2.34. The van der Waals surface area contributed by atoms with E-state index in [4.69, 9.17) is 11.6 Å². The van der Waals surface area contributed by atoms with E-state index in [0.29, 0.717) is 17.1 Å². The van der Waals surface area contributed by atoms with E-state index in [-0.39, 0.29) is 35.4 Å². The second-order valence-electron chi connectivity index (χ2n) is 7.09. The molecule has 3 amide bonds. The maximum absolute atomic E-state index is 12.8. The Hall–Kier alpha value is -2.93. The van der Waals surface area contributed by atoms with Gasteiger partial charge in [-0.1, -0.05) is 18.0 Å². The minimum atomic E-state index is -0.317. The fourth-order valence-corrected chi connectivity index (χ4v) is 3.50. The van der Waals surface area contributed by atoms with Crippen LogP contribution in [0.5, 0.6) is 0 Å². The lowest BCUT2D eigenvalue weighted by Crippen LogP contribution is -2.42. The molecule has 8 heteroatoms. The van der Waals surface area contributed by atoms with Crippen molar-refractivity contribution in [3.63, 3.8) is 0 Å². The number of amides is 3. The molecule has 0 radical (unpaired) electrons. The van der Waals surface area contributed by atoms with Gasteiger partial charge in [0.1, 0.15) is 5.69 Å². The SMILES string of the molecule is CC(=O)N(C)c1ccc(NC(=O)C2CCCC2NC(=O)c2ccc(Cl)cn2)cc1. The van der Waals surface area contributed by atoms with Crippen molar-refractivity contribution in [2.45, 2.75) is 32.2 Å². The zero-order valence-electron chi connectivity index (χ0n) is 16.3. The van der Waals surface area contributed by atoms with Crippen LogP contribution in [0.3, 0.4) is 0 Å². The second kappa shape index (κ2) is 9.05. The van der Waals surface area contributed by atoms with Crippen LogP contribution in [0.1, 0.15) is 36.7 Å². The minimum absolute atomic E-state index is 0.0681. The van der Waals surface area contributed by atoms with Gasteiger partial charge in [-0.25, -0.2) is 4.98 Å². The van der Waals surface area contributed by atoms with Gasteiger partial charge in [-0.2, -0.15) is 0 Å². The average molecular weight is 415 g/mol. The predicted octanol–water partition coefficient (Wildman–Crippen LogP) is 3.25. The molecule has 2 N–H and O–H groups in total. The van der Waals surface area contributed by atoms with Gasteiger partial charge in [0.25, 0.3) is 5.91 Å². The first-order valence-electron chi connectivity index (χ1n) is 9.43. The number of aromatic nitrogens is 1. The number of pyridine rings is 1. The van der Waals surface area contributed by atoms with Gasteiger partial charge >= 0.3 is 0 Å². The molecular weight excluding hydrogens is 392 g/mol. The summed E-state index contributed by atoms with van der Waals surface area (Å²) < 4.78 is 0. The van der Waals surface area contributed by atoms with E-state index in [0.717, 1.165) is 18.5 Å². The first kappa shape index (κ1) is 20.8. The largest absolute Gasteiger partial charge is 0.347 e. The number of hydrogen-bond acceptors (Lipinski definition) is 4. The van der Waals surface area contributed by atoms with Gasteiger partial charge in [0.05, 0.1) is 10.9 Å². The lowest BCUT2D eigenvalue weighted by Gasteiger charge is -2.21. The van der Waals surface area contributed by atoms with Crippen molar-refractivity contribution in [3.05, 3.63) is 53.3 Å². The van der Waals surface area contributed by atoms with Crippen LogP contribution in [0.4, 0.5) is 11.4 Å². The van der Waals surface area contributed by atoms with Gasteiger partial charge in [0, 0.05) is 37.6 Å². The summed E-state index contributed by atoms with van der Waals surface area (Å²) in [6.45, 7) is 1.49. The Kier molecular flexibility index (Phi) is 6.49. The van der Waals surface area contributed by atoms with Crippen molar-refractivity contribution >= 4 is 40.7 Å². The van der Waals surface area contributed by atoms with Crippen molar-refractivity contribution in [3.8, 4) is 0 Å². The number of nitrogens with zero attached hydrogens (tertiary/aromatic N) is 2. The molecule has 1 aromatic heterocycles. The summed E-state index contributed by atoms with van der Waals surface area (Å²) in [6, 6.07) is 9.98. The number of benzene rings is 1. The van der Waals surface area contributed by atoms with Gasteiger partial charge in [0.15, 0.2) is 0 Å². The van der Waals surface area contributed by atoms with Crippen LogP contribution in [0.2, 0.25) is 5.02 Å². The molecule has 3 rings (SSSR count). The molecule has 7 nitrogen and oxygen atoms in total. The van der Waals surface area contributed by atoms with E-state index in [9.17, 15) is 14.4 Å². The molecule has 1 aliphatic rings. The summed E-state index contributed by atoms with van der Waals surface area (Å²) in [5.41, 5.74) is 1.66. The fourth-order valence-electron chi connectivity index (χ4n) is 3.38. The number of halogens is 1. The van der Waals surface area contributed by atoms with Crippen LogP contribution in [-0.4, -0.2) is 35.8 Å². The lowest BCUT2D eigenvalue weighted by molar-refractivity contribution is -0.120. The number of nitrogens with one attached hydrogen (secondary N) is 2. The van der Waals surface area contributed by atoms with Crippen LogP contribution in [-0.2, 0) is 9.59 Å². The quantitative estimate of drug-likeness (QED) is 0.785. The molecule has 29 heavy (non-hydrogen) atoms. The van der Waals surface area contributed by atoms with Crippen LogP contribution >= 0.6 is 11.6 Å². The summed E-state index contributed by atoms with van der Waals surface area (Å²) >= 11 is 5.80. The van der Waals surface area contributed by atoms with Crippen molar-refractivity contribution in [2.75, 3.05) is 17.3 Å². The molecule has 152 valence electrons. The van der Waals surface area contributed by atoms with Gasteiger partial charge < -0.3 is 15.5 Å². The monoisotopic (exact) mass is 414 g/mol. The van der Waals surface area contributed by atoms with Crippen LogP contribution in [0.15, 0.2) is 42.6 Å². The van der Waals surface area contributed by atoms with Gasteiger partial charge in [0.2, 0.25) is 11.8 Å². The topological polar surface area (TPSA) is 91.4 Å². The average Bonchev–Trinajstić information content (AvgIpc) is 3.16. The molecule has 2 aromatic rings. The lowest BCUT2D eigenvalue weighted by atomic mass is 10.0. The van der Waals surface area contributed by atoms with Crippen molar-refractivity contribution in [1.29, 1.82) is 0 Å². The summed E-state index contributed by atoms with van der Waals surface area (Å²) in [5.74, 6) is -0.833. The van der Waals surface area contributed by atoms with Crippen molar-refractivity contribution < 1.29 is 14.4 Å². The van der Waals surface area contributed by atoms with Gasteiger partial charge in [-0.15, -0.1) is 0 Å². The van der Waals surface area contributed by atoms with E-state index >= 15 is 0 Å². The maximum Gasteiger partial charge on any atom is 0.270 e. The first-order valence-corrected chi connectivity index (χ1v) is 9.80. The van der Waals surface area contributed by atoms with Crippen LogP contribution in [0, 0.1) is 5.92 Å². The van der Waals surface area contributed by atoms with E-state index < -0.39 is 0 Å². The maximum atomic E-state index is 12.8. The molecule has 0 spiro atoms. The number of carbonyl (C=O) groups excluding carboxylic acids is 3. The number of anilines is 2. The summed E-state index contributed by atoms with van der Waals surface area (Å²) in [6.07, 6.45) is 3.72.